The molecule has 0 aliphatic carbocycles. The van der Waals surface area contributed by atoms with Crippen molar-refractivity contribution in [2.75, 3.05) is 17.8 Å². The summed E-state index contributed by atoms with van der Waals surface area (Å²) in [4.78, 5) is 12.7. The quantitative estimate of drug-likeness (QED) is 0.263. The number of alkyl halides is 4. The highest BCUT2D eigenvalue weighted by Gasteiger charge is 2.32. The maximum Gasteiger partial charge on any atom is 0.416 e. The number of nitrogens with one attached hydrogen (secondary N) is 1. The minimum Gasteiger partial charge on any atom is -0.462 e. The van der Waals surface area contributed by atoms with Crippen LogP contribution in [0, 0.1) is 6.92 Å². The van der Waals surface area contributed by atoms with Crippen LogP contribution in [0.3, 0.4) is 0 Å². The molecule has 0 aliphatic rings. The van der Waals surface area contributed by atoms with Crippen LogP contribution in [0.15, 0.2) is 35.1 Å². The predicted octanol–water partition coefficient (Wildman–Crippen LogP) is 7.40. The Kier molecular flexibility index (Phi) is 11.7. The van der Waals surface area contributed by atoms with Gasteiger partial charge >= 0.3 is 12.2 Å². The molecule has 0 bridgehead atoms. The highest BCUT2D eigenvalue weighted by atomic mass is 79.9. The standard InChI is InChI=1S/C18H15BrClF3N4O.2C2H6/c1-10-11(3-2-4-13(10)18(21,22)23)8-25-16-12-7-15(19)24-9-14(12)26-17(27-16)28-6-5-20;2*1-2/h2-4,7,9H,5-6,8H2,1H3,(H,25,26,27);2*1-2H3. The van der Waals surface area contributed by atoms with Crippen LogP contribution in [0.2, 0.25) is 0 Å². The fraction of sp³-hybridized carbons (Fsp3) is 0.409. The van der Waals surface area contributed by atoms with Crippen LogP contribution in [-0.4, -0.2) is 27.4 Å². The van der Waals surface area contributed by atoms with Crippen LogP contribution < -0.4 is 10.1 Å². The molecule has 0 atom stereocenters. The summed E-state index contributed by atoms with van der Waals surface area (Å²) in [6.45, 7) is 9.83. The Morgan fingerprint density at radius 2 is 1.81 bits per heavy atom. The van der Waals surface area contributed by atoms with Gasteiger partial charge in [0, 0.05) is 11.9 Å². The van der Waals surface area contributed by atoms with Gasteiger partial charge < -0.3 is 10.1 Å². The number of hydrogen-bond acceptors (Lipinski definition) is 5. The Labute approximate surface area is 199 Å². The van der Waals surface area contributed by atoms with Crippen LogP contribution in [-0.2, 0) is 12.7 Å². The summed E-state index contributed by atoms with van der Waals surface area (Å²) in [5.74, 6) is 0.695. The van der Waals surface area contributed by atoms with Crippen LogP contribution in [0.4, 0.5) is 19.0 Å². The van der Waals surface area contributed by atoms with Gasteiger partial charge in [0.25, 0.3) is 0 Å². The van der Waals surface area contributed by atoms with Crippen LogP contribution in [0.25, 0.3) is 10.9 Å². The van der Waals surface area contributed by atoms with Gasteiger partial charge in [-0.05, 0) is 46.1 Å². The molecule has 0 saturated carbocycles. The molecule has 10 heteroatoms. The van der Waals surface area contributed by atoms with Gasteiger partial charge in [0.15, 0.2) is 0 Å². The second kappa shape index (κ2) is 13.4. The lowest BCUT2D eigenvalue weighted by Gasteiger charge is -2.15. The molecule has 3 aromatic rings. The summed E-state index contributed by atoms with van der Waals surface area (Å²) in [5.41, 5.74) is 0.559. The first-order valence-electron chi connectivity index (χ1n) is 10.2. The summed E-state index contributed by atoms with van der Waals surface area (Å²) in [6, 6.07) is 5.94. The number of benzene rings is 1. The first kappa shape index (κ1) is 27.9. The van der Waals surface area contributed by atoms with E-state index in [4.69, 9.17) is 16.3 Å². The van der Waals surface area contributed by atoms with Gasteiger partial charge in [0.1, 0.15) is 17.0 Å². The summed E-state index contributed by atoms with van der Waals surface area (Å²) < 4.78 is 45.4. The maximum absolute atomic E-state index is 13.1. The third-order valence-electron chi connectivity index (χ3n) is 4.03. The summed E-state index contributed by atoms with van der Waals surface area (Å²) >= 11 is 8.93. The minimum atomic E-state index is -4.40. The molecule has 176 valence electrons. The second-order valence-corrected chi connectivity index (χ2v) is 7.05. The third-order valence-corrected chi connectivity index (χ3v) is 4.62. The van der Waals surface area contributed by atoms with Crippen molar-refractivity contribution in [3.05, 3.63) is 51.8 Å². The fourth-order valence-corrected chi connectivity index (χ4v) is 3.08. The number of rotatable bonds is 6. The molecule has 0 saturated heterocycles. The first-order valence-corrected chi connectivity index (χ1v) is 11.5. The van der Waals surface area contributed by atoms with E-state index in [1.165, 1.54) is 13.0 Å². The van der Waals surface area contributed by atoms with E-state index < -0.39 is 11.7 Å². The molecule has 1 N–H and O–H groups in total. The van der Waals surface area contributed by atoms with E-state index >= 15 is 0 Å². The molecule has 2 heterocycles. The smallest absolute Gasteiger partial charge is 0.416 e. The molecule has 3 rings (SSSR count). The maximum atomic E-state index is 13.1. The lowest BCUT2D eigenvalue weighted by atomic mass is 10.0. The van der Waals surface area contributed by atoms with Crippen molar-refractivity contribution in [1.29, 1.82) is 0 Å². The average Bonchev–Trinajstić information content (AvgIpc) is 2.79. The zero-order valence-electron chi connectivity index (χ0n) is 18.6. The second-order valence-electron chi connectivity index (χ2n) is 5.86. The molecule has 0 aliphatic heterocycles. The van der Waals surface area contributed by atoms with E-state index in [0.717, 1.165) is 6.07 Å². The Balaban J connectivity index is 0.00000121. The minimum absolute atomic E-state index is 0.112. The molecule has 0 radical (unpaired) electrons. The molecule has 32 heavy (non-hydrogen) atoms. The van der Waals surface area contributed by atoms with Crippen LogP contribution in [0.1, 0.15) is 44.4 Å². The highest BCUT2D eigenvalue weighted by molar-refractivity contribution is 9.10. The summed E-state index contributed by atoms with van der Waals surface area (Å²) in [7, 11) is 0. The number of fused-ring (bicyclic) bond motifs is 1. The summed E-state index contributed by atoms with van der Waals surface area (Å²) in [6.07, 6.45) is -2.85. The molecule has 2 aromatic heterocycles. The van der Waals surface area contributed by atoms with Gasteiger partial charge in [-0.3, -0.25) is 0 Å². The number of pyridine rings is 1. The molecule has 0 unspecified atom stereocenters. The molecule has 0 fully saturated rings. The average molecular weight is 536 g/mol. The number of anilines is 1. The monoisotopic (exact) mass is 534 g/mol. The molecular weight excluding hydrogens is 509 g/mol. The summed E-state index contributed by atoms with van der Waals surface area (Å²) in [5, 5.41) is 3.74. The third kappa shape index (κ3) is 7.48. The van der Waals surface area contributed by atoms with E-state index in [1.807, 2.05) is 27.7 Å². The molecule has 0 amide bonds. The predicted molar refractivity (Wildman–Crippen MR) is 127 cm³/mol. The number of aromatic nitrogens is 3. The number of halogens is 5. The Morgan fingerprint density at radius 1 is 1.12 bits per heavy atom. The van der Waals surface area contributed by atoms with Crippen molar-refractivity contribution in [2.24, 2.45) is 0 Å². The van der Waals surface area contributed by atoms with Crippen molar-refractivity contribution in [2.45, 2.75) is 47.3 Å². The first-order chi connectivity index (χ1) is 15.3. The normalized spacial score (nSPS) is 10.6. The number of hydrogen-bond donors (Lipinski definition) is 1. The largest absolute Gasteiger partial charge is 0.462 e. The van der Waals surface area contributed by atoms with Crippen LogP contribution >= 0.6 is 27.5 Å². The van der Waals surface area contributed by atoms with Crippen molar-refractivity contribution >= 4 is 44.3 Å². The SMILES string of the molecule is CC.CC.Cc1c(CNc2nc(OCCCl)nc3cnc(Br)cc23)cccc1C(F)(F)F. The van der Waals surface area contributed by atoms with Gasteiger partial charge in [-0.1, -0.05) is 39.8 Å². The highest BCUT2D eigenvalue weighted by Crippen LogP contribution is 2.33. The van der Waals surface area contributed by atoms with Gasteiger partial charge in [-0.2, -0.15) is 23.1 Å². The van der Waals surface area contributed by atoms with Gasteiger partial charge in [0.2, 0.25) is 0 Å². The lowest BCUT2D eigenvalue weighted by Crippen LogP contribution is -2.11. The zero-order chi connectivity index (χ0) is 24.3. The Hall–Kier alpha value is -2.13. The Bertz CT molecular complexity index is 1000. The van der Waals surface area contributed by atoms with Crippen molar-refractivity contribution < 1.29 is 17.9 Å². The topological polar surface area (TPSA) is 59.9 Å². The molecule has 5 nitrogen and oxygen atoms in total. The van der Waals surface area contributed by atoms with Crippen LogP contribution in [0.5, 0.6) is 6.01 Å². The van der Waals surface area contributed by atoms with Crippen molar-refractivity contribution in [3.63, 3.8) is 0 Å². The van der Waals surface area contributed by atoms with Crippen molar-refractivity contribution in [3.8, 4) is 6.01 Å². The number of nitrogens with zero attached hydrogens (tertiary/aromatic N) is 3. The van der Waals surface area contributed by atoms with E-state index in [0.29, 0.717) is 26.9 Å². The fourth-order valence-electron chi connectivity index (χ4n) is 2.68. The Morgan fingerprint density at radius 3 is 2.44 bits per heavy atom. The van der Waals surface area contributed by atoms with Gasteiger partial charge in [-0.25, -0.2) is 4.98 Å². The van der Waals surface area contributed by atoms with E-state index in [9.17, 15) is 13.2 Å². The van der Waals surface area contributed by atoms with E-state index in [2.05, 4.69) is 36.2 Å². The lowest BCUT2D eigenvalue weighted by molar-refractivity contribution is -0.138. The zero-order valence-corrected chi connectivity index (χ0v) is 21.0. The molecule has 0 spiro atoms. The molecule has 1 aromatic carbocycles. The van der Waals surface area contributed by atoms with Crippen molar-refractivity contribution in [1.82, 2.24) is 15.0 Å². The van der Waals surface area contributed by atoms with Gasteiger partial charge in [0.05, 0.1) is 23.2 Å². The van der Waals surface area contributed by atoms with Gasteiger partial charge in [-0.15, -0.1) is 11.6 Å². The van der Waals surface area contributed by atoms with E-state index in [-0.39, 0.29) is 30.6 Å². The molecular formula is C22H27BrClF3N4O. The van der Waals surface area contributed by atoms with E-state index in [1.54, 1.807) is 18.3 Å². The number of ether oxygens (including phenoxy) is 1.